The third-order valence-electron chi connectivity index (χ3n) is 4.34. The Morgan fingerprint density at radius 2 is 1.79 bits per heavy atom. The molecule has 2 aromatic carbocycles. The lowest BCUT2D eigenvalue weighted by Crippen LogP contribution is -2.38. The number of amidine groups is 1. The molecule has 0 amide bonds. The molecule has 2 N–H and O–H groups in total. The molecule has 0 aliphatic carbocycles. The maximum Gasteiger partial charge on any atom is 0.152 e. The second kappa shape index (κ2) is 5.94. The molecular formula is C19H18N4O. The highest BCUT2D eigenvalue weighted by atomic mass is 16.5. The van der Waals surface area contributed by atoms with Crippen LogP contribution in [0.2, 0.25) is 0 Å². The average molecular weight is 318 g/mol. The van der Waals surface area contributed by atoms with E-state index in [0.29, 0.717) is 12.3 Å². The van der Waals surface area contributed by atoms with Gasteiger partial charge >= 0.3 is 0 Å². The first kappa shape index (κ1) is 14.7. The summed E-state index contributed by atoms with van der Waals surface area (Å²) in [6.45, 7) is 1.96. The first-order chi connectivity index (χ1) is 11.8. The molecule has 0 saturated carbocycles. The van der Waals surface area contributed by atoms with Crippen LogP contribution in [0.1, 0.15) is 30.5 Å². The van der Waals surface area contributed by atoms with Gasteiger partial charge in [0.15, 0.2) is 5.84 Å². The van der Waals surface area contributed by atoms with Gasteiger partial charge in [-0.05, 0) is 6.07 Å². The van der Waals surface area contributed by atoms with Crippen LogP contribution in [0.15, 0.2) is 71.0 Å². The number of benzene rings is 2. The van der Waals surface area contributed by atoms with Gasteiger partial charge in [0.25, 0.3) is 0 Å². The Hall–Kier alpha value is -2.92. The lowest BCUT2D eigenvalue weighted by atomic mass is 9.95. The van der Waals surface area contributed by atoms with Gasteiger partial charge in [-0.1, -0.05) is 55.5 Å². The van der Waals surface area contributed by atoms with Crippen LogP contribution in [-0.2, 0) is 0 Å². The van der Waals surface area contributed by atoms with E-state index in [-0.39, 0.29) is 0 Å². The second-order valence-corrected chi connectivity index (χ2v) is 5.76. The van der Waals surface area contributed by atoms with Crippen molar-refractivity contribution in [2.24, 2.45) is 10.2 Å². The number of nitrogens with zero attached hydrogens (tertiary/aromatic N) is 3. The third-order valence-corrected chi connectivity index (χ3v) is 4.34. The van der Waals surface area contributed by atoms with Crippen molar-refractivity contribution >= 4 is 22.5 Å². The molecule has 2 heterocycles. The highest BCUT2D eigenvalue weighted by molar-refractivity contribution is 6.09. The molecular weight excluding hydrogens is 300 g/mol. The zero-order valence-electron chi connectivity index (χ0n) is 13.3. The lowest BCUT2D eigenvalue weighted by molar-refractivity contribution is -0.0371. The normalized spacial score (nSPS) is 17.8. The standard InChI is InChI=1S/C19H18N4O/c1-2-17-21-22-18(13-8-4-3-5-9-13)19(23(17)24)15-12-20-16-11-7-6-10-14(15)16/h3-12,19-20,24H,2H2,1H3/t19-/m1/s1. The number of nitrogens with one attached hydrogen (secondary N) is 1. The van der Waals surface area contributed by atoms with E-state index in [9.17, 15) is 5.21 Å². The van der Waals surface area contributed by atoms with E-state index < -0.39 is 6.04 Å². The number of fused-ring (bicyclic) bond motifs is 1. The largest absolute Gasteiger partial charge is 0.361 e. The molecule has 0 bridgehead atoms. The summed E-state index contributed by atoms with van der Waals surface area (Å²) in [6, 6.07) is 17.5. The van der Waals surface area contributed by atoms with Gasteiger partial charge in [-0.15, -0.1) is 5.10 Å². The van der Waals surface area contributed by atoms with Crippen molar-refractivity contribution in [3.63, 3.8) is 0 Å². The van der Waals surface area contributed by atoms with E-state index >= 15 is 0 Å². The second-order valence-electron chi connectivity index (χ2n) is 5.76. The van der Waals surface area contributed by atoms with Gasteiger partial charge in [0.1, 0.15) is 11.8 Å². The highest BCUT2D eigenvalue weighted by Crippen LogP contribution is 2.33. The van der Waals surface area contributed by atoms with E-state index in [1.165, 1.54) is 5.06 Å². The Morgan fingerprint density at radius 3 is 2.58 bits per heavy atom. The fraction of sp³-hybridized carbons (Fsp3) is 0.158. The maximum absolute atomic E-state index is 10.8. The molecule has 5 nitrogen and oxygen atoms in total. The Balaban J connectivity index is 1.90. The topological polar surface area (TPSA) is 64.0 Å². The smallest absolute Gasteiger partial charge is 0.152 e. The van der Waals surface area contributed by atoms with E-state index in [1.807, 2.05) is 61.7 Å². The predicted octanol–water partition coefficient (Wildman–Crippen LogP) is 4.13. The van der Waals surface area contributed by atoms with Crippen LogP contribution >= 0.6 is 0 Å². The minimum absolute atomic E-state index is 0.393. The maximum atomic E-state index is 10.8. The summed E-state index contributed by atoms with van der Waals surface area (Å²) in [6.07, 6.45) is 2.55. The molecule has 0 fully saturated rings. The van der Waals surface area contributed by atoms with Crippen LogP contribution in [0, 0.1) is 0 Å². The quantitative estimate of drug-likeness (QED) is 0.762. The predicted molar refractivity (Wildman–Crippen MR) is 95.4 cm³/mol. The van der Waals surface area contributed by atoms with Crippen LogP contribution < -0.4 is 0 Å². The molecule has 1 atom stereocenters. The molecule has 0 radical (unpaired) electrons. The number of hydrogen-bond acceptors (Lipinski definition) is 4. The molecule has 1 aromatic heterocycles. The Morgan fingerprint density at radius 1 is 1.04 bits per heavy atom. The number of aromatic nitrogens is 1. The molecule has 0 unspecified atom stereocenters. The minimum Gasteiger partial charge on any atom is -0.361 e. The van der Waals surface area contributed by atoms with Crippen LogP contribution in [0.3, 0.4) is 0 Å². The third kappa shape index (κ3) is 2.30. The zero-order valence-corrected chi connectivity index (χ0v) is 13.3. The van der Waals surface area contributed by atoms with Crippen LogP contribution in [0.5, 0.6) is 0 Å². The van der Waals surface area contributed by atoms with Crippen molar-refractivity contribution in [3.8, 4) is 0 Å². The zero-order chi connectivity index (χ0) is 16.5. The van der Waals surface area contributed by atoms with Gasteiger partial charge in [-0.25, -0.2) is 5.06 Å². The van der Waals surface area contributed by atoms with Crippen LogP contribution in [-0.4, -0.2) is 26.8 Å². The van der Waals surface area contributed by atoms with Crippen molar-refractivity contribution in [2.75, 3.05) is 0 Å². The van der Waals surface area contributed by atoms with Gasteiger partial charge < -0.3 is 4.98 Å². The first-order valence-corrected chi connectivity index (χ1v) is 8.03. The first-order valence-electron chi connectivity index (χ1n) is 8.03. The number of hydrogen-bond donors (Lipinski definition) is 2. The van der Waals surface area contributed by atoms with Crippen molar-refractivity contribution in [3.05, 3.63) is 71.9 Å². The van der Waals surface area contributed by atoms with Crippen molar-refractivity contribution < 1.29 is 5.21 Å². The molecule has 3 aromatic rings. The summed E-state index contributed by atoms with van der Waals surface area (Å²) in [4.78, 5) is 3.28. The Kier molecular flexibility index (Phi) is 3.63. The molecule has 0 saturated heterocycles. The summed E-state index contributed by atoms with van der Waals surface area (Å²) in [5.74, 6) is 0.560. The van der Waals surface area contributed by atoms with Gasteiger partial charge in [0.05, 0.1) is 0 Å². The van der Waals surface area contributed by atoms with Gasteiger partial charge in [0, 0.05) is 34.6 Å². The number of aromatic amines is 1. The van der Waals surface area contributed by atoms with Crippen LogP contribution in [0.4, 0.5) is 0 Å². The van der Waals surface area contributed by atoms with Gasteiger partial charge in [-0.3, -0.25) is 5.21 Å². The molecule has 1 aliphatic rings. The van der Waals surface area contributed by atoms with Crippen molar-refractivity contribution in [1.82, 2.24) is 10.0 Å². The monoisotopic (exact) mass is 318 g/mol. The SMILES string of the molecule is CCC1=NN=C(c2ccccc2)[C@@H](c2c[nH]c3ccccc23)N1O. The number of H-pyrrole nitrogens is 1. The average Bonchev–Trinajstić information content (AvgIpc) is 3.06. The van der Waals surface area contributed by atoms with Crippen LogP contribution in [0.25, 0.3) is 10.9 Å². The molecule has 1 aliphatic heterocycles. The molecule has 5 heteroatoms. The summed E-state index contributed by atoms with van der Waals surface area (Å²) >= 11 is 0. The number of rotatable bonds is 3. The molecule has 120 valence electrons. The van der Waals surface area contributed by atoms with E-state index in [0.717, 1.165) is 27.7 Å². The van der Waals surface area contributed by atoms with Crippen molar-refractivity contribution in [2.45, 2.75) is 19.4 Å². The fourth-order valence-corrected chi connectivity index (χ4v) is 3.13. The molecule has 24 heavy (non-hydrogen) atoms. The number of hydroxylamine groups is 2. The van der Waals surface area contributed by atoms with E-state index in [4.69, 9.17) is 0 Å². The summed E-state index contributed by atoms with van der Waals surface area (Å²) in [7, 11) is 0. The van der Waals surface area contributed by atoms with Crippen molar-refractivity contribution in [1.29, 1.82) is 0 Å². The lowest BCUT2D eigenvalue weighted by Gasteiger charge is -2.31. The molecule has 4 rings (SSSR count). The number of para-hydroxylation sites is 1. The Labute approximate surface area is 139 Å². The minimum atomic E-state index is -0.393. The summed E-state index contributed by atoms with van der Waals surface area (Å²) in [5, 5.41) is 21.7. The van der Waals surface area contributed by atoms with Gasteiger partial charge in [0.2, 0.25) is 0 Å². The Bertz CT molecular complexity index is 927. The van der Waals surface area contributed by atoms with Gasteiger partial charge in [-0.2, -0.15) is 5.10 Å². The van der Waals surface area contributed by atoms with E-state index in [1.54, 1.807) is 0 Å². The highest BCUT2D eigenvalue weighted by Gasteiger charge is 2.32. The summed E-state index contributed by atoms with van der Waals surface area (Å²) < 4.78 is 0. The van der Waals surface area contributed by atoms with E-state index in [2.05, 4.69) is 21.3 Å². The molecule has 0 spiro atoms. The fourth-order valence-electron chi connectivity index (χ4n) is 3.13. The summed E-state index contributed by atoms with van der Waals surface area (Å²) in [5.41, 5.74) is 3.70.